The third kappa shape index (κ3) is 3.76. The van der Waals surface area contributed by atoms with Crippen LogP contribution >= 0.6 is 0 Å². The Kier molecular flexibility index (Phi) is 5.72. The monoisotopic (exact) mass is 407 g/mol. The number of rotatable bonds is 5. The molecule has 7 nitrogen and oxygen atoms in total. The van der Waals surface area contributed by atoms with Gasteiger partial charge in [0.2, 0.25) is 0 Å². The Bertz CT molecular complexity index is 1040. The van der Waals surface area contributed by atoms with Crippen LogP contribution in [0.2, 0.25) is 0 Å². The molecule has 1 fully saturated rings. The van der Waals surface area contributed by atoms with Crippen molar-refractivity contribution in [2.24, 2.45) is 0 Å². The van der Waals surface area contributed by atoms with E-state index in [0.29, 0.717) is 32.8 Å². The number of carboxylic acids is 1. The van der Waals surface area contributed by atoms with Gasteiger partial charge in [0.15, 0.2) is 0 Å². The van der Waals surface area contributed by atoms with Gasteiger partial charge in [-0.05, 0) is 18.6 Å². The molecule has 0 spiro atoms. The average molecular weight is 407 g/mol. The predicted octanol–water partition coefficient (Wildman–Crippen LogP) is 3.73. The fourth-order valence-corrected chi connectivity index (χ4v) is 4.12. The van der Waals surface area contributed by atoms with Gasteiger partial charge in [0, 0.05) is 42.6 Å². The van der Waals surface area contributed by atoms with Crippen LogP contribution < -0.4 is 0 Å². The van der Waals surface area contributed by atoms with E-state index in [2.05, 4.69) is 4.98 Å². The van der Waals surface area contributed by atoms with Crippen molar-refractivity contribution in [3.05, 3.63) is 60.2 Å². The largest absolute Gasteiger partial charge is 0.480 e. The minimum atomic E-state index is -0.901. The number of hydrogen-bond acceptors (Lipinski definition) is 4. The van der Waals surface area contributed by atoms with E-state index in [1.165, 1.54) is 0 Å². The fraction of sp³-hybridized carbons (Fsp3) is 0.304. The molecule has 1 unspecified atom stereocenters. The topological polar surface area (TPSA) is 85.9 Å². The second kappa shape index (κ2) is 8.59. The molecule has 0 bridgehead atoms. The van der Waals surface area contributed by atoms with Crippen molar-refractivity contribution in [1.29, 1.82) is 0 Å². The number of H-pyrrole nitrogens is 1. The Morgan fingerprint density at radius 2 is 1.70 bits per heavy atom. The van der Waals surface area contributed by atoms with Gasteiger partial charge < -0.3 is 19.7 Å². The Labute approximate surface area is 174 Å². The van der Waals surface area contributed by atoms with Gasteiger partial charge in [-0.2, -0.15) is 0 Å². The summed E-state index contributed by atoms with van der Waals surface area (Å²) in [5.41, 5.74) is 3.42. The number of ether oxygens (including phenoxy) is 1. The number of fused-ring (bicyclic) bond motifs is 1. The normalized spacial score (nSPS) is 15.8. The Morgan fingerprint density at radius 3 is 2.37 bits per heavy atom. The number of carbonyl (C=O) groups is 2. The Hall–Kier alpha value is -3.32. The maximum atomic E-state index is 12.5. The van der Waals surface area contributed by atoms with Crippen molar-refractivity contribution < 1.29 is 19.4 Å². The van der Waals surface area contributed by atoms with Crippen LogP contribution in [0.5, 0.6) is 0 Å². The number of nitrogens with zero attached hydrogens (tertiary/aromatic N) is 2. The summed E-state index contributed by atoms with van der Waals surface area (Å²) in [6, 6.07) is 16.7. The minimum Gasteiger partial charge on any atom is -0.480 e. The van der Waals surface area contributed by atoms with Gasteiger partial charge in [-0.25, -0.2) is 4.79 Å². The van der Waals surface area contributed by atoms with Crippen LogP contribution in [0, 0.1) is 0 Å². The highest BCUT2D eigenvalue weighted by Gasteiger charge is 2.35. The lowest BCUT2D eigenvalue weighted by molar-refractivity contribution is -0.144. The van der Waals surface area contributed by atoms with Crippen LogP contribution in [0.15, 0.2) is 54.6 Å². The molecule has 156 valence electrons. The van der Waals surface area contributed by atoms with Crippen molar-refractivity contribution in [1.82, 2.24) is 14.8 Å². The minimum absolute atomic E-state index is 0.326. The van der Waals surface area contributed by atoms with E-state index in [0.717, 1.165) is 27.7 Å². The molecule has 7 heteroatoms. The molecule has 3 aromatic rings. The number of benzene rings is 2. The Morgan fingerprint density at radius 1 is 1.03 bits per heavy atom. The summed E-state index contributed by atoms with van der Waals surface area (Å²) in [6.07, 6.45) is -0.346. The molecule has 1 amide bonds. The SMILES string of the molecule is CCOC(=O)N1CCN(C(C(=O)O)c2c(-c3ccccc3)[nH]c3ccccc23)CC1. The van der Waals surface area contributed by atoms with Crippen LogP contribution in [0.3, 0.4) is 0 Å². The third-order valence-electron chi connectivity index (χ3n) is 5.52. The van der Waals surface area contributed by atoms with Crippen molar-refractivity contribution in [2.45, 2.75) is 13.0 Å². The zero-order chi connectivity index (χ0) is 21.1. The number of piperazine rings is 1. The number of aromatic amines is 1. The summed E-state index contributed by atoms with van der Waals surface area (Å²) in [5.74, 6) is -0.901. The molecule has 0 saturated carbocycles. The molecule has 1 atom stereocenters. The molecule has 1 aliphatic rings. The van der Waals surface area contributed by atoms with E-state index in [1.807, 2.05) is 59.5 Å². The number of carbonyl (C=O) groups excluding carboxylic acids is 1. The molecule has 0 radical (unpaired) electrons. The molecule has 2 heterocycles. The van der Waals surface area contributed by atoms with E-state index in [4.69, 9.17) is 4.74 Å². The van der Waals surface area contributed by atoms with Crippen LogP contribution in [-0.4, -0.2) is 64.7 Å². The van der Waals surface area contributed by atoms with Gasteiger partial charge in [0.05, 0.1) is 12.3 Å². The molecule has 30 heavy (non-hydrogen) atoms. The summed E-state index contributed by atoms with van der Waals surface area (Å²) >= 11 is 0. The van der Waals surface area contributed by atoms with E-state index in [1.54, 1.807) is 11.8 Å². The maximum absolute atomic E-state index is 12.5. The number of para-hydroxylation sites is 1. The lowest BCUT2D eigenvalue weighted by Gasteiger charge is -2.37. The van der Waals surface area contributed by atoms with Gasteiger partial charge in [0.1, 0.15) is 6.04 Å². The molecule has 1 aliphatic heterocycles. The first-order valence-electron chi connectivity index (χ1n) is 10.1. The average Bonchev–Trinajstić information content (AvgIpc) is 3.14. The summed E-state index contributed by atoms with van der Waals surface area (Å²) in [4.78, 5) is 31.5. The zero-order valence-corrected chi connectivity index (χ0v) is 16.9. The fourth-order valence-electron chi connectivity index (χ4n) is 4.12. The van der Waals surface area contributed by atoms with Crippen LogP contribution in [-0.2, 0) is 9.53 Å². The van der Waals surface area contributed by atoms with Gasteiger partial charge in [-0.15, -0.1) is 0 Å². The number of aromatic nitrogens is 1. The molecule has 2 N–H and O–H groups in total. The standard InChI is InChI=1S/C23H25N3O4/c1-2-30-23(29)26-14-12-25(13-15-26)21(22(27)28)19-17-10-6-7-11-18(17)24-20(19)16-8-4-3-5-9-16/h3-11,21,24H,2,12-15H2,1H3,(H,27,28). The van der Waals surface area contributed by atoms with Crippen molar-refractivity contribution >= 4 is 23.0 Å². The Balaban J connectivity index is 1.72. The van der Waals surface area contributed by atoms with Gasteiger partial charge in [0.25, 0.3) is 0 Å². The van der Waals surface area contributed by atoms with Crippen LogP contribution in [0.1, 0.15) is 18.5 Å². The van der Waals surface area contributed by atoms with E-state index < -0.39 is 12.0 Å². The highest BCUT2D eigenvalue weighted by molar-refractivity contribution is 5.95. The van der Waals surface area contributed by atoms with Crippen molar-refractivity contribution in [3.63, 3.8) is 0 Å². The van der Waals surface area contributed by atoms with E-state index in [9.17, 15) is 14.7 Å². The van der Waals surface area contributed by atoms with Gasteiger partial charge in [-0.3, -0.25) is 9.69 Å². The van der Waals surface area contributed by atoms with Gasteiger partial charge >= 0.3 is 12.1 Å². The summed E-state index contributed by atoms with van der Waals surface area (Å²) < 4.78 is 5.08. The highest BCUT2D eigenvalue weighted by atomic mass is 16.6. The summed E-state index contributed by atoms with van der Waals surface area (Å²) in [6.45, 7) is 3.90. The first-order chi connectivity index (χ1) is 14.6. The molecular weight excluding hydrogens is 382 g/mol. The smallest absolute Gasteiger partial charge is 0.409 e. The quantitative estimate of drug-likeness (QED) is 0.673. The lowest BCUT2D eigenvalue weighted by atomic mass is 9.97. The molecule has 1 saturated heterocycles. The van der Waals surface area contributed by atoms with Crippen LogP contribution in [0.25, 0.3) is 22.2 Å². The zero-order valence-electron chi connectivity index (χ0n) is 16.9. The number of nitrogens with one attached hydrogen (secondary N) is 1. The van der Waals surface area contributed by atoms with Crippen molar-refractivity contribution in [3.8, 4) is 11.3 Å². The molecule has 0 aliphatic carbocycles. The highest BCUT2D eigenvalue weighted by Crippen LogP contribution is 2.37. The number of amides is 1. The third-order valence-corrected chi connectivity index (χ3v) is 5.52. The predicted molar refractivity (Wildman–Crippen MR) is 114 cm³/mol. The number of hydrogen-bond donors (Lipinski definition) is 2. The summed E-state index contributed by atoms with van der Waals surface area (Å²) in [7, 11) is 0. The first-order valence-corrected chi connectivity index (χ1v) is 10.1. The number of aliphatic carboxylic acids is 1. The lowest BCUT2D eigenvalue weighted by Crippen LogP contribution is -2.51. The first kappa shape index (κ1) is 20.0. The van der Waals surface area contributed by atoms with Gasteiger partial charge in [-0.1, -0.05) is 48.5 Å². The van der Waals surface area contributed by atoms with Crippen LogP contribution in [0.4, 0.5) is 4.79 Å². The maximum Gasteiger partial charge on any atom is 0.409 e. The second-order valence-electron chi connectivity index (χ2n) is 7.29. The molecule has 1 aromatic heterocycles. The number of carboxylic acid groups (broad SMARTS) is 1. The molecule has 4 rings (SSSR count). The second-order valence-corrected chi connectivity index (χ2v) is 7.29. The summed E-state index contributed by atoms with van der Waals surface area (Å²) in [5, 5.41) is 11.1. The molecular formula is C23H25N3O4. The van der Waals surface area contributed by atoms with E-state index >= 15 is 0 Å². The van der Waals surface area contributed by atoms with Crippen molar-refractivity contribution in [2.75, 3.05) is 32.8 Å². The molecule has 2 aromatic carbocycles. The van der Waals surface area contributed by atoms with E-state index in [-0.39, 0.29) is 6.09 Å².